The summed E-state index contributed by atoms with van der Waals surface area (Å²) in [5.41, 5.74) is -0.0182. The van der Waals surface area contributed by atoms with Gasteiger partial charge >= 0.3 is 5.97 Å². The van der Waals surface area contributed by atoms with Crippen molar-refractivity contribution in [3.05, 3.63) is 25.3 Å². The SMILES string of the molecule is C=CCC(CC=C)(CC(=O)OC1CCCCC1)C1CCCCC1. The molecule has 0 unspecified atom stereocenters. The highest BCUT2D eigenvalue weighted by molar-refractivity contribution is 5.70. The first-order chi connectivity index (χ1) is 11.2. The minimum Gasteiger partial charge on any atom is -0.462 e. The molecule has 2 heteroatoms. The maximum atomic E-state index is 12.6. The molecule has 2 fully saturated rings. The minimum absolute atomic E-state index is 0.00572. The molecular formula is C21H34O2. The van der Waals surface area contributed by atoms with Crippen LogP contribution in [0, 0.1) is 11.3 Å². The van der Waals surface area contributed by atoms with Crippen molar-refractivity contribution in [3.8, 4) is 0 Å². The van der Waals surface area contributed by atoms with Gasteiger partial charge in [-0.1, -0.05) is 37.8 Å². The first kappa shape index (κ1) is 18.3. The Kier molecular flexibility index (Phi) is 7.39. The number of carbonyl (C=O) groups excluding carboxylic acids is 1. The molecule has 0 heterocycles. The third-order valence-electron chi connectivity index (χ3n) is 5.92. The summed E-state index contributed by atoms with van der Waals surface area (Å²) in [5.74, 6) is 0.609. The van der Waals surface area contributed by atoms with Gasteiger partial charge in [-0.2, -0.15) is 0 Å². The van der Waals surface area contributed by atoms with Crippen molar-refractivity contribution in [2.75, 3.05) is 0 Å². The lowest BCUT2D eigenvalue weighted by Gasteiger charge is -2.41. The second-order valence-electron chi connectivity index (χ2n) is 7.61. The Balaban J connectivity index is 2.03. The van der Waals surface area contributed by atoms with Crippen LogP contribution in [-0.2, 0) is 9.53 Å². The van der Waals surface area contributed by atoms with E-state index in [1.807, 2.05) is 12.2 Å². The second-order valence-corrected chi connectivity index (χ2v) is 7.61. The summed E-state index contributed by atoms with van der Waals surface area (Å²) < 4.78 is 5.82. The largest absolute Gasteiger partial charge is 0.462 e. The van der Waals surface area contributed by atoms with Gasteiger partial charge in [-0.05, 0) is 62.7 Å². The van der Waals surface area contributed by atoms with Crippen LogP contribution in [0.1, 0.15) is 83.5 Å². The highest BCUT2D eigenvalue weighted by Gasteiger charge is 2.40. The molecular weight excluding hydrogens is 284 g/mol. The zero-order valence-electron chi connectivity index (χ0n) is 14.7. The summed E-state index contributed by atoms with van der Waals surface area (Å²) in [5, 5.41) is 0. The lowest BCUT2D eigenvalue weighted by atomic mass is 9.63. The van der Waals surface area contributed by atoms with E-state index in [0.29, 0.717) is 12.3 Å². The number of hydrogen-bond donors (Lipinski definition) is 0. The van der Waals surface area contributed by atoms with Gasteiger partial charge in [-0.3, -0.25) is 4.79 Å². The summed E-state index contributed by atoms with van der Waals surface area (Å²) in [6.07, 6.45) is 18.6. The molecule has 0 aromatic rings. The number of ether oxygens (including phenoxy) is 1. The van der Waals surface area contributed by atoms with Crippen LogP contribution in [0.2, 0.25) is 0 Å². The predicted octanol–water partition coefficient (Wildman–Crippen LogP) is 5.97. The van der Waals surface area contributed by atoms with Crippen LogP contribution in [0.15, 0.2) is 25.3 Å². The zero-order valence-corrected chi connectivity index (χ0v) is 14.7. The third-order valence-corrected chi connectivity index (χ3v) is 5.92. The van der Waals surface area contributed by atoms with Crippen LogP contribution >= 0.6 is 0 Å². The molecule has 0 aromatic carbocycles. The molecule has 0 atom stereocenters. The number of allylic oxidation sites excluding steroid dienone is 2. The average Bonchev–Trinajstić information content (AvgIpc) is 2.57. The van der Waals surface area contributed by atoms with Crippen molar-refractivity contribution >= 4 is 5.97 Å². The van der Waals surface area contributed by atoms with E-state index in [-0.39, 0.29) is 17.5 Å². The van der Waals surface area contributed by atoms with Crippen molar-refractivity contribution in [1.29, 1.82) is 0 Å². The minimum atomic E-state index is -0.0182. The van der Waals surface area contributed by atoms with E-state index in [4.69, 9.17) is 4.74 Å². The molecule has 130 valence electrons. The molecule has 0 saturated heterocycles. The van der Waals surface area contributed by atoms with Gasteiger partial charge < -0.3 is 4.74 Å². The fourth-order valence-electron chi connectivity index (χ4n) is 4.69. The van der Waals surface area contributed by atoms with Gasteiger partial charge in [-0.25, -0.2) is 0 Å². The molecule has 2 aliphatic rings. The van der Waals surface area contributed by atoms with Crippen molar-refractivity contribution in [2.45, 2.75) is 89.6 Å². The van der Waals surface area contributed by atoms with Crippen molar-refractivity contribution in [1.82, 2.24) is 0 Å². The number of hydrogen-bond acceptors (Lipinski definition) is 2. The molecule has 0 radical (unpaired) electrons. The Hall–Kier alpha value is -1.05. The van der Waals surface area contributed by atoms with E-state index in [1.54, 1.807) is 0 Å². The fourth-order valence-corrected chi connectivity index (χ4v) is 4.69. The Morgan fingerprint density at radius 1 is 0.913 bits per heavy atom. The average molecular weight is 319 g/mol. The van der Waals surface area contributed by atoms with Crippen LogP contribution in [-0.4, -0.2) is 12.1 Å². The summed E-state index contributed by atoms with van der Waals surface area (Å²) in [4.78, 5) is 12.6. The molecule has 0 bridgehead atoms. The molecule has 0 spiro atoms. The van der Waals surface area contributed by atoms with Gasteiger partial charge in [-0.15, -0.1) is 13.2 Å². The molecule has 2 nitrogen and oxygen atoms in total. The summed E-state index contributed by atoms with van der Waals surface area (Å²) >= 11 is 0. The first-order valence-corrected chi connectivity index (χ1v) is 9.61. The van der Waals surface area contributed by atoms with E-state index in [2.05, 4.69) is 13.2 Å². The molecule has 23 heavy (non-hydrogen) atoms. The quantitative estimate of drug-likeness (QED) is 0.407. The van der Waals surface area contributed by atoms with Crippen molar-refractivity contribution in [2.24, 2.45) is 11.3 Å². The molecule has 2 saturated carbocycles. The zero-order chi connectivity index (χ0) is 16.5. The van der Waals surface area contributed by atoms with Crippen LogP contribution in [0.25, 0.3) is 0 Å². The monoisotopic (exact) mass is 318 g/mol. The van der Waals surface area contributed by atoms with Crippen LogP contribution in [0.5, 0.6) is 0 Å². The highest BCUT2D eigenvalue weighted by Crippen LogP contribution is 2.47. The fraction of sp³-hybridized carbons (Fsp3) is 0.762. The van der Waals surface area contributed by atoms with E-state index < -0.39 is 0 Å². The van der Waals surface area contributed by atoms with Gasteiger partial charge in [0.15, 0.2) is 0 Å². The van der Waals surface area contributed by atoms with Gasteiger partial charge in [0.25, 0.3) is 0 Å². The highest BCUT2D eigenvalue weighted by atomic mass is 16.5. The normalized spacial score (nSPS) is 20.9. The predicted molar refractivity (Wildman–Crippen MR) is 96.2 cm³/mol. The van der Waals surface area contributed by atoms with E-state index in [9.17, 15) is 4.79 Å². The van der Waals surface area contributed by atoms with E-state index in [1.165, 1.54) is 51.4 Å². The number of rotatable bonds is 8. The standard InChI is InChI=1S/C21H34O2/c1-3-15-21(16-4-2,18-11-7-5-8-12-18)17-20(22)23-19-13-9-6-10-14-19/h3-4,18-19H,1-2,5-17H2. The first-order valence-electron chi connectivity index (χ1n) is 9.61. The smallest absolute Gasteiger partial charge is 0.306 e. The Bertz CT molecular complexity index is 377. The topological polar surface area (TPSA) is 26.3 Å². The summed E-state index contributed by atoms with van der Waals surface area (Å²) in [6.45, 7) is 7.92. The number of carbonyl (C=O) groups is 1. The maximum Gasteiger partial charge on any atom is 0.306 e. The Morgan fingerprint density at radius 3 is 1.96 bits per heavy atom. The Morgan fingerprint density at radius 2 is 1.43 bits per heavy atom. The maximum absolute atomic E-state index is 12.6. The van der Waals surface area contributed by atoms with E-state index in [0.717, 1.165) is 25.7 Å². The molecule has 2 rings (SSSR count). The van der Waals surface area contributed by atoms with E-state index >= 15 is 0 Å². The van der Waals surface area contributed by atoms with Crippen LogP contribution < -0.4 is 0 Å². The summed E-state index contributed by atoms with van der Waals surface area (Å²) in [6, 6.07) is 0. The lowest BCUT2D eigenvalue weighted by Crippen LogP contribution is -2.35. The van der Waals surface area contributed by atoms with Gasteiger partial charge in [0.1, 0.15) is 6.10 Å². The molecule has 0 N–H and O–H groups in total. The lowest BCUT2D eigenvalue weighted by molar-refractivity contribution is -0.154. The van der Waals surface area contributed by atoms with Gasteiger partial charge in [0.05, 0.1) is 6.42 Å². The second kappa shape index (κ2) is 9.30. The molecule has 0 aliphatic heterocycles. The molecule has 0 amide bonds. The molecule has 0 aromatic heterocycles. The Labute approximate surface area is 142 Å². The van der Waals surface area contributed by atoms with Crippen LogP contribution in [0.3, 0.4) is 0 Å². The van der Waals surface area contributed by atoms with Crippen LogP contribution in [0.4, 0.5) is 0 Å². The third kappa shape index (κ3) is 5.22. The van der Waals surface area contributed by atoms with Crippen molar-refractivity contribution < 1.29 is 9.53 Å². The van der Waals surface area contributed by atoms with Gasteiger partial charge in [0, 0.05) is 0 Å². The summed E-state index contributed by atoms with van der Waals surface area (Å²) in [7, 11) is 0. The van der Waals surface area contributed by atoms with Gasteiger partial charge in [0.2, 0.25) is 0 Å². The van der Waals surface area contributed by atoms with Crippen molar-refractivity contribution in [3.63, 3.8) is 0 Å². The number of esters is 1. The molecule has 2 aliphatic carbocycles.